The van der Waals surface area contributed by atoms with Gasteiger partial charge in [-0.15, -0.1) is 0 Å². The van der Waals surface area contributed by atoms with Crippen molar-refractivity contribution < 1.29 is 4.79 Å². The van der Waals surface area contributed by atoms with Crippen molar-refractivity contribution in [2.75, 3.05) is 13.1 Å². The largest absolute Gasteiger partial charge is 0.361 e. The Hall–Kier alpha value is -1.81. The number of likely N-dealkylation sites (tertiary alicyclic amines) is 1. The number of hydrogen-bond donors (Lipinski definition) is 2. The molecule has 1 aliphatic heterocycles. The van der Waals surface area contributed by atoms with Crippen LogP contribution in [-0.4, -0.2) is 34.9 Å². The maximum absolute atomic E-state index is 12.7. The summed E-state index contributed by atoms with van der Waals surface area (Å²) in [5, 5.41) is 1.09. The third-order valence-corrected chi connectivity index (χ3v) is 4.19. The van der Waals surface area contributed by atoms with Crippen molar-refractivity contribution in [3.05, 3.63) is 36.0 Å². The highest BCUT2D eigenvalue weighted by molar-refractivity contribution is 5.98. The smallest absolute Gasteiger partial charge is 0.254 e. The lowest BCUT2D eigenvalue weighted by molar-refractivity contribution is 0.0605. The Morgan fingerprint density at radius 3 is 3.10 bits per heavy atom. The average molecular weight is 271 g/mol. The van der Waals surface area contributed by atoms with E-state index in [4.69, 9.17) is 5.73 Å². The number of nitrogens with one attached hydrogen (secondary N) is 1. The molecule has 0 radical (unpaired) electrons. The fraction of sp³-hybridized carbons (Fsp3) is 0.438. The highest BCUT2D eigenvalue weighted by Gasteiger charge is 2.26. The van der Waals surface area contributed by atoms with Gasteiger partial charge >= 0.3 is 0 Å². The Morgan fingerprint density at radius 1 is 1.35 bits per heavy atom. The van der Waals surface area contributed by atoms with E-state index in [1.807, 2.05) is 35.4 Å². The molecule has 20 heavy (non-hydrogen) atoms. The van der Waals surface area contributed by atoms with Gasteiger partial charge in [0.25, 0.3) is 5.91 Å². The van der Waals surface area contributed by atoms with E-state index < -0.39 is 0 Å². The minimum atomic E-state index is 0.145. The molecule has 1 amide bonds. The third-order valence-electron chi connectivity index (χ3n) is 4.19. The molecule has 2 heterocycles. The SMILES string of the molecule is NCCC1CCCCN1C(=O)c1ccc2[nH]ccc2c1. The molecular weight excluding hydrogens is 250 g/mol. The van der Waals surface area contributed by atoms with Gasteiger partial charge in [0.2, 0.25) is 0 Å². The van der Waals surface area contributed by atoms with Crippen LogP contribution in [0.5, 0.6) is 0 Å². The van der Waals surface area contributed by atoms with Gasteiger partial charge in [-0.3, -0.25) is 4.79 Å². The molecule has 1 fully saturated rings. The molecule has 4 heteroatoms. The van der Waals surface area contributed by atoms with Crippen LogP contribution in [0, 0.1) is 0 Å². The summed E-state index contributed by atoms with van der Waals surface area (Å²) in [6.07, 6.45) is 6.18. The number of hydrogen-bond acceptors (Lipinski definition) is 2. The number of carbonyl (C=O) groups excluding carboxylic acids is 1. The number of piperidine rings is 1. The van der Waals surface area contributed by atoms with Crippen LogP contribution in [-0.2, 0) is 0 Å². The predicted molar refractivity (Wildman–Crippen MR) is 80.6 cm³/mol. The molecule has 2 aromatic rings. The minimum Gasteiger partial charge on any atom is -0.361 e. The number of nitrogens with zero attached hydrogens (tertiary/aromatic N) is 1. The van der Waals surface area contributed by atoms with Gasteiger partial charge in [0.1, 0.15) is 0 Å². The number of aromatic amines is 1. The van der Waals surface area contributed by atoms with Crippen LogP contribution in [0.4, 0.5) is 0 Å². The molecule has 3 rings (SSSR count). The van der Waals surface area contributed by atoms with Crippen LogP contribution >= 0.6 is 0 Å². The summed E-state index contributed by atoms with van der Waals surface area (Å²) in [5.41, 5.74) is 7.53. The van der Waals surface area contributed by atoms with Crippen LogP contribution in [0.3, 0.4) is 0 Å². The van der Waals surface area contributed by atoms with Crippen molar-refractivity contribution in [2.24, 2.45) is 5.73 Å². The Labute approximate surface area is 118 Å². The zero-order valence-corrected chi connectivity index (χ0v) is 11.6. The van der Waals surface area contributed by atoms with Gasteiger partial charge in [0.05, 0.1) is 0 Å². The van der Waals surface area contributed by atoms with E-state index in [2.05, 4.69) is 4.98 Å². The van der Waals surface area contributed by atoms with Crippen LogP contribution < -0.4 is 5.73 Å². The number of nitrogens with two attached hydrogens (primary N) is 1. The number of amides is 1. The zero-order valence-electron chi connectivity index (χ0n) is 11.6. The lowest BCUT2D eigenvalue weighted by Crippen LogP contribution is -2.44. The Bertz CT molecular complexity index is 603. The van der Waals surface area contributed by atoms with Crippen molar-refractivity contribution in [2.45, 2.75) is 31.7 Å². The lowest BCUT2D eigenvalue weighted by Gasteiger charge is -2.35. The highest BCUT2D eigenvalue weighted by atomic mass is 16.2. The number of rotatable bonds is 3. The van der Waals surface area contributed by atoms with E-state index in [1.54, 1.807) is 0 Å². The number of benzene rings is 1. The van der Waals surface area contributed by atoms with E-state index in [1.165, 1.54) is 6.42 Å². The molecule has 1 aliphatic rings. The zero-order chi connectivity index (χ0) is 13.9. The second-order valence-electron chi connectivity index (χ2n) is 5.51. The molecule has 1 saturated heterocycles. The summed E-state index contributed by atoms with van der Waals surface area (Å²) in [7, 11) is 0. The predicted octanol–water partition coefficient (Wildman–Crippen LogP) is 2.51. The quantitative estimate of drug-likeness (QED) is 0.901. The van der Waals surface area contributed by atoms with Crippen LogP contribution in [0.15, 0.2) is 30.5 Å². The number of H-pyrrole nitrogens is 1. The van der Waals surface area contributed by atoms with Gasteiger partial charge in [-0.1, -0.05) is 0 Å². The van der Waals surface area contributed by atoms with Gasteiger partial charge in [-0.25, -0.2) is 0 Å². The second kappa shape index (κ2) is 5.67. The topological polar surface area (TPSA) is 62.1 Å². The maximum atomic E-state index is 12.7. The summed E-state index contributed by atoms with van der Waals surface area (Å²) in [4.78, 5) is 17.9. The van der Waals surface area contributed by atoms with E-state index in [9.17, 15) is 4.79 Å². The van der Waals surface area contributed by atoms with Gasteiger partial charge in [-0.05, 0) is 56.5 Å². The van der Waals surface area contributed by atoms with E-state index in [-0.39, 0.29) is 5.91 Å². The fourth-order valence-corrected chi connectivity index (χ4v) is 3.11. The summed E-state index contributed by atoms with van der Waals surface area (Å²) >= 11 is 0. The van der Waals surface area contributed by atoms with Gasteiger partial charge in [-0.2, -0.15) is 0 Å². The first-order valence-electron chi connectivity index (χ1n) is 7.38. The Kier molecular flexibility index (Phi) is 3.74. The van der Waals surface area contributed by atoms with Crippen LogP contribution in [0.25, 0.3) is 10.9 Å². The first-order valence-corrected chi connectivity index (χ1v) is 7.38. The first kappa shape index (κ1) is 13.2. The molecule has 0 bridgehead atoms. The standard InChI is InChI=1S/C16H21N3O/c17-8-6-14-3-1-2-10-19(14)16(20)13-4-5-15-12(11-13)7-9-18-15/h4-5,7,9,11,14,18H,1-3,6,8,10,17H2. The van der Waals surface area contributed by atoms with Gasteiger partial charge in [0.15, 0.2) is 0 Å². The molecule has 4 nitrogen and oxygen atoms in total. The van der Waals surface area contributed by atoms with Gasteiger partial charge < -0.3 is 15.6 Å². The molecule has 0 aliphatic carbocycles. The molecule has 0 saturated carbocycles. The second-order valence-corrected chi connectivity index (χ2v) is 5.51. The molecule has 1 aromatic heterocycles. The summed E-state index contributed by atoms with van der Waals surface area (Å²) in [6, 6.07) is 8.17. The monoisotopic (exact) mass is 271 g/mol. The molecule has 3 N–H and O–H groups in total. The Morgan fingerprint density at radius 2 is 2.25 bits per heavy atom. The van der Waals surface area contributed by atoms with Crippen molar-refractivity contribution >= 4 is 16.8 Å². The van der Waals surface area contributed by atoms with Crippen LogP contribution in [0.2, 0.25) is 0 Å². The summed E-state index contributed by atoms with van der Waals surface area (Å²) in [6.45, 7) is 1.50. The van der Waals surface area contributed by atoms with Crippen LogP contribution in [0.1, 0.15) is 36.0 Å². The maximum Gasteiger partial charge on any atom is 0.254 e. The average Bonchev–Trinajstić information content (AvgIpc) is 2.95. The minimum absolute atomic E-state index is 0.145. The molecular formula is C16H21N3O. The van der Waals surface area contributed by atoms with Crippen molar-refractivity contribution in [1.82, 2.24) is 9.88 Å². The first-order chi connectivity index (χ1) is 9.79. The van der Waals surface area contributed by atoms with E-state index in [0.29, 0.717) is 12.6 Å². The van der Waals surface area contributed by atoms with E-state index in [0.717, 1.165) is 42.3 Å². The van der Waals surface area contributed by atoms with Crippen molar-refractivity contribution in [1.29, 1.82) is 0 Å². The number of aromatic nitrogens is 1. The number of fused-ring (bicyclic) bond motifs is 1. The molecule has 1 aromatic carbocycles. The van der Waals surface area contributed by atoms with E-state index >= 15 is 0 Å². The molecule has 1 atom stereocenters. The normalized spacial score (nSPS) is 19.4. The number of carbonyl (C=O) groups is 1. The Balaban J connectivity index is 1.85. The lowest BCUT2D eigenvalue weighted by atomic mass is 9.98. The van der Waals surface area contributed by atoms with Gasteiger partial charge in [0, 0.05) is 35.2 Å². The molecule has 1 unspecified atom stereocenters. The van der Waals surface area contributed by atoms with Crippen molar-refractivity contribution in [3.63, 3.8) is 0 Å². The third kappa shape index (κ3) is 2.43. The van der Waals surface area contributed by atoms with Crippen molar-refractivity contribution in [3.8, 4) is 0 Å². The molecule has 0 spiro atoms. The summed E-state index contributed by atoms with van der Waals surface area (Å²) < 4.78 is 0. The highest BCUT2D eigenvalue weighted by Crippen LogP contribution is 2.23. The fourth-order valence-electron chi connectivity index (χ4n) is 3.11. The molecule has 106 valence electrons. The summed E-state index contributed by atoms with van der Waals surface area (Å²) in [5.74, 6) is 0.145.